The SMILES string of the molecule is Cl.N=C(N)c1ccc(OCCCC2CCN(CCCOc3ccc(C(=N)N)cc3)CC2)cc1.O.O.O.O.O. The summed E-state index contributed by atoms with van der Waals surface area (Å²) in [7, 11) is 0. The molecule has 0 aromatic heterocycles. The fourth-order valence-electron chi connectivity index (χ4n) is 4.00. The molecule has 0 unspecified atom stereocenters. The van der Waals surface area contributed by atoms with Crippen molar-refractivity contribution in [1.29, 1.82) is 10.8 Å². The molecular weight excluding hydrogens is 518 g/mol. The molecule has 220 valence electrons. The first kappa shape index (κ1) is 42.1. The van der Waals surface area contributed by atoms with Crippen LogP contribution in [0.4, 0.5) is 0 Å². The normalized spacial score (nSPS) is 12.4. The lowest BCUT2D eigenvalue weighted by atomic mass is 9.92. The quantitative estimate of drug-likeness (QED) is 0.156. The number of hydrogen-bond donors (Lipinski definition) is 4. The molecular formula is C25H46ClN5O7. The average Bonchev–Trinajstić information content (AvgIpc) is 2.81. The van der Waals surface area contributed by atoms with Gasteiger partial charge in [-0.25, -0.2) is 0 Å². The maximum Gasteiger partial charge on any atom is 0.122 e. The van der Waals surface area contributed by atoms with Crippen LogP contribution in [-0.4, -0.2) is 76.8 Å². The summed E-state index contributed by atoms with van der Waals surface area (Å²) in [5, 5.41) is 14.8. The average molecular weight is 564 g/mol. The maximum atomic E-state index is 7.42. The Bertz CT molecular complexity index is 807. The minimum absolute atomic E-state index is 0. The maximum absolute atomic E-state index is 7.42. The van der Waals surface area contributed by atoms with E-state index >= 15 is 0 Å². The predicted octanol–water partition coefficient (Wildman–Crippen LogP) is -0.107. The zero-order valence-corrected chi connectivity index (χ0v) is 22.4. The number of nitrogens with two attached hydrogens (primary N) is 2. The highest BCUT2D eigenvalue weighted by atomic mass is 35.5. The summed E-state index contributed by atoms with van der Waals surface area (Å²) in [5.74, 6) is 2.60. The van der Waals surface area contributed by atoms with E-state index in [1.807, 2.05) is 48.5 Å². The smallest absolute Gasteiger partial charge is 0.122 e. The minimum Gasteiger partial charge on any atom is -0.494 e. The van der Waals surface area contributed by atoms with Gasteiger partial charge in [0, 0.05) is 17.7 Å². The summed E-state index contributed by atoms with van der Waals surface area (Å²) < 4.78 is 11.6. The van der Waals surface area contributed by atoms with Crippen LogP contribution >= 0.6 is 12.4 Å². The van der Waals surface area contributed by atoms with Gasteiger partial charge in [-0.2, -0.15) is 0 Å². The number of amidine groups is 2. The van der Waals surface area contributed by atoms with Crippen LogP contribution in [0.15, 0.2) is 48.5 Å². The van der Waals surface area contributed by atoms with E-state index in [4.69, 9.17) is 31.8 Å². The highest BCUT2D eigenvalue weighted by Gasteiger charge is 2.18. The zero-order chi connectivity index (χ0) is 22.8. The monoisotopic (exact) mass is 563 g/mol. The van der Waals surface area contributed by atoms with E-state index in [1.165, 1.54) is 19.3 Å². The van der Waals surface area contributed by atoms with Gasteiger partial charge in [-0.3, -0.25) is 10.8 Å². The number of hydrogen-bond acceptors (Lipinski definition) is 5. The molecule has 0 bridgehead atoms. The van der Waals surface area contributed by atoms with Gasteiger partial charge in [0.2, 0.25) is 0 Å². The van der Waals surface area contributed by atoms with Crippen molar-refractivity contribution in [3.8, 4) is 11.5 Å². The Kier molecular flexibility index (Phi) is 24.5. The molecule has 13 heteroatoms. The van der Waals surface area contributed by atoms with E-state index in [0.717, 1.165) is 67.6 Å². The molecule has 0 saturated carbocycles. The van der Waals surface area contributed by atoms with Crippen LogP contribution in [-0.2, 0) is 0 Å². The van der Waals surface area contributed by atoms with Crippen LogP contribution in [0, 0.1) is 16.7 Å². The van der Waals surface area contributed by atoms with Gasteiger partial charge in [0.05, 0.1) is 13.2 Å². The zero-order valence-electron chi connectivity index (χ0n) is 21.6. The molecule has 1 heterocycles. The van der Waals surface area contributed by atoms with Crippen LogP contribution in [0.1, 0.15) is 43.2 Å². The topological polar surface area (TPSA) is 279 Å². The molecule has 2 aromatic rings. The van der Waals surface area contributed by atoms with Crippen LogP contribution in [0.2, 0.25) is 0 Å². The second-order valence-corrected chi connectivity index (χ2v) is 8.35. The number of rotatable bonds is 12. The molecule has 0 aliphatic carbocycles. The molecule has 0 spiro atoms. The van der Waals surface area contributed by atoms with E-state index in [0.29, 0.717) is 6.61 Å². The molecule has 16 N–H and O–H groups in total. The standard InChI is InChI=1S/C25H35N5O2.ClH.5H2O/c26-24(27)20-4-8-22(9-5-20)31-17-1-3-19-12-15-30(16-13-19)14-2-18-32-23-10-6-21(7-11-23)25(28)29;;;;;;/h4-11,19H,1-3,12-18H2,(H3,26,27)(H3,28,29);1H;5*1H2. The van der Waals surface area contributed by atoms with Gasteiger partial charge < -0.3 is 53.2 Å². The largest absolute Gasteiger partial charge is 0.494 e. The molecule has 1 saturated heterocycles. The molecule has 38 heavy (non-hydrogen) atoms. The lowest BCUT2D eigenvalue weighted by Gasteiger charge is -2.32. The van der Waals surface area contributed by atoms with Crippen molar-refractivity contribution in [2.45, 2.75) is 32.1 Å². The molecule has 1 aliphatic rings. The van der Waals surface area contributed by atoms with E-state index < -0.39 is 0 Å². The second kappa shape index (κ2) is 22.1. The lowest BCUT2D eigenvalue weighted by molar-refractivity contribution is 0.161. The van der Waals surface area contributed by atoms with Crippen LogP contribution in [0.5, 0.6) is 11.5 Å². The summed E-state index contributed by atoms with van der Waals surface area (Å²) in [6.45, 7) is 4.81. The number of benzene rings is 2. The summed E-state index contributed by atoms with van der Waals surface area (Å²) in [6.07, 6.45) is 5.78. The number of likely N-dealkylation sites (tertiary alicyclic amines) is 1. The highest BCUT2D eigenvalue weighted by molar-refractivity contribution is 5.95. The predicted molar refractivity (Wildman–Crippen MR) is 154 cm³/mol. The van der Waals surface area contributed by atoms with Crippen molar-refractivity contribution < 1.29 is 36.9 Å². The summed E-state index contributed by atoms with van der Waals surface area (Å²) >= 11 is 0. The molecule has 2 aromatic carbocycles. The summed E-state index contributed by atoms with van der Waals surface area (Å²) in [6, 6.07) is 14.8. The van der Waals surface area contributed by atoms with Crippen molar-refractivity contribution in [2.24, 2.45) is 17.4 Å². The van der Waals surface area contributed by atoms with Gasteiger partial charge in [0.15, 0.2) is 0 Å². The third-order valence-corrected chi connectivity index (χ3v) is 5.95. The van der Waals surface area contributed by atoms with E-state index in [2.05, 4.69) is 4.90 Å². The molecule has 0 atom stereocenters. The van der Waals surface area contributed by atoms with Crippen LogP contribution < -0.4 is 20.9 Å². The van der Waals surface area contributed by atoms with Crippen LogP contribution in [0.3, 0.4) is 0 Å². The van der Waals surface area contributed by atoms with Crippen molar-refractivity contribution in [3.63, 3.8) is 0 Å². The molecule has 0 radical (unpaired) electrons. The first-order valence-corrected chi connectivity index (χ1v) is 11.4. The number of nitrogens with one attached hydrogen (secondary N) is 2. The van der Waals surface area contributed by atoms with Gasteiger partial charge >= 0.3 is 0 Å². The number of piperidine rings is 1. The molecule has 0 amide bonds. The Morgan fingerprint density at radius 1 is 0.711 bits per heavy atom. The van der Waals surface area contributed by atoms with E-state index in [9.17, 15) is 0 Å². The Morgan fingerprint density at radius 2 is 1.11 bits per heavy atom. The second-order valence-electron chi connectivity index (χ2n) is 8.35. The summed E-state index contributed by atoms with van der Waals surface area (Å²) in [5.41, 5.74) is 12.4. The molecule has 3 rings (SSSR count). The number of nitrogen functional groups attached to an aromatic ring is 2. The van der Waals surface area contributed by atoms with E-state index in [1.54, 1.807) is 0 Å². The fourth-order valence-corrected chi connectivity index (χ4v) is 4.00. The number of halogens is 1. The Labute approximate surface area is 230 Å². The molecule has 12 nitrogen and oxygen atoms in total. The Balaban J connectivity index is -0.000000963. The van der Waals surface area contributed by atoms with Gasteiger partial charge in [-0.15, -0.1) is 12.4 Å². The van der Waals surface area contributed by atoms with Crippen LogP contribution in [0.25, 0.3) is 0 Å². The number of ether oxygens (including phenoxy) is 2. The van der Waals surface area contributed by atoms with Crippen molar-refractivity contribution in [1.82, 2.24) is 4.90 Å². The first-order chi connectivity index (χ1) is 15.5. The van der Waals surface area contributed by atoms with Gasteiger partial charge in [0.1, 0.15) is 23.2 Å². The van der Waals surface area contributed by atoms with Gasteiger partial charge in [0.25, 0.3) is 0 Å². The Hall–Kier alpha value is -2.97. The fraction of sp³-hybridized carbons (Fsp3) is 0.440. The van der Waals surface area contributed by atoms with Gasteiger partial charge in [-0.1, -0.05) is 0 Å². The lowest BCUT2D eigenvalue weighted by Crippen LogP contribution is -2.35. The number of nitrogens with zero attached hydrogens (tertiary/aromatic N) is 1. The van der Waals surface area contributed by atoms with E-state index in [-0.39, 0.29) is 51.5 Å². The summed E-state index contributed by atoms with van der Waals surface area (Å²) in [4.78, 5) is 2.53. The molecule has 1 fully saturated rings. The van der Waals surface area contributed by atoms with Crippen molar-refractivity contribution in [3.05, 3.63) is 59.7 Å². The third-order valence-electron chi connectivity index (χ3n) is 5.95. The minimum atomic E-state index is 0. The molecule has 1 aliphatic heterocycles. The Morgan fingerprint density at radius 3 is 1.50 bits per heavy atom. The van der Waals surface area contributed by atoms with Crippen molar-refractivity contribution >= 4 is 24.1 Å². The van der Waals surface area contributed by atoms with Gasteiger partial charge in [-0.05, 0) is 99.6 Å². The first-order valence-electron chi connectivity index (χ1n) is 11.4. The third kappa shape index (κ3) is 14.1. The highest BCUT2D eigenvalue weighted by Crippen LogP contribution is 2.22. The van der Waals surface area contributed by atoms with Crippen molar-refractivity contribution in [2.75, 3.05) is 32.8 Å².